The second kappa shape index (κ2) is 5.57. The van der Waals surface area contributed by atoms with E-state index >= 15 is 0 Å². The number of oxazole rings is 1. The number of benzene rings is 1. The molecule has 1 aromatic carbocycles. The number of rotatable bonds is 5. The van der Waals surface area contributed by atoms with Crippen molar-refractivity contribution in [1.82, 2.24) is 10.3 Å². The Morgan fingerprint density at radius 2 is 1.84 bits per heavy atom. The molecule has 2 rings (SSSR count). The molecular formula is C16H22N2O. The second-order valence-corrected chi connectivity index (χ2v) is 5.60. The lowest BCUT2D eigenvalue weighted by Crippen LogP contribution is -2.32. The summed E-state index contributed by atoms with van der Waals surface area (Å²) >= 11 is 0. The van der Waals surface area contributed by atoms with Crippen LogP contribution in [0, 0.1) is 13.8 Å². The van der Waals surface area contributed by atoms with E-state index in [1.165, 1.54) is 5.56 Å². The van der Waals surface area contributed by atoms with Crippen molar-refractivity contribution in [2.45, 2.75) is 39.7 Å². The van der Waals surface area contributed by atoms with Gasteiger partial charge in [0.15, 0.2) is 0 Å². The maximum absolute atomic E-state index is 5.56. The molecule has 0 saturated carbocycles. The van der Waals surface area contributed by atoms with Crippen LogP contribution in [0.5, 0.6) is 0 Å². The van der Waals surface area contributed by atoms with Crippen LogP contribution in [0.15, 0.2) is 34.7 Å². The van der Waals surface area contributed by atoms with Gasteiger partial charge in [-0.05, 0) is 19.4 Å². The first kappa shape index (κ1) is 13.8. The van der Waals surface area contributed by atoms with E-state index in [2.05, 4.69) is 48.4 Å². The van der Waals surface area contributed by atoms with E-state index in [0.29, 0.717) is 6.54 Å². The minimum Gasteiger partial charge on any atom is -0.444 e. The fourth-order valence-corrected chi connectivity index (χ4v) is 2.09. The second-order valence-electron chi connectivity index (χ2n) is 5.60. The van der Waals surface area contributed by atoms with Crippen molar-refractivity contribution in [1.29, 1.82) is 0 Å². The first-order chi connectivity index (χ1) is 8.99. The van der Waals surface area contributed by atoms with Gasteiger partial charge in [-0.3, -0.25) is 0 Å². The summed E-state index contributed by atoms with van der Waals surface area (Å²) < 4.78 is 5.56. The first-order valence-corrected chi connectivity index (χ1v) is 6.68. The van der Waals surface area contributed by atoms with E-state index < -0.39 is 0 Å². The lowest BCUT2D eigenvalue weighted by molar-refractivity contribution is 0.415. The average Bonchev–Trinajstić information content (AvgIpc) is 2.69. The zero-order chi connectivity index (χ0) is 13.9. The molecule has 0 aliphatic rings. The van der Waals surface area contributed by atoms with Gasteiger partial charge >= 0.3 is 0 Å². The van der Waals surface area contributed by atoms with E-state index in [4.69, 9.17) is 4.42 Å². The molecule has 1 aromatic heterocycles. The highest BCUT2D eigenvalue weighted by Crippen LogP contribution is 2.21. The molecule has 1 N–H and O–H groups in total. The van der Waals surface area contributed by atoms with Crippen LogP contribution in [0.25, 0.3) is 0 Å². The number of hydrogen-bond acceptors (Lipinski definition) is 3. The zero-order valence-corrected chi connectivity index (χ0v) is 12.2. The van der Waals surface area contributed by atoms with Crippen LogP contribution in [-0.2, 0) is 12.0 Å². The number of aromatic nitrogens is 1. The topological polar surface area (TPSA) is 38.1 Å². The molecule has 0 bridgehead atoms. The lowest BCUT2D eigenvalue weighted by atomic mass is 9.85. The zero-order valence-electron chi connectivity index (χ0n) is 12.2. The maximum Gasteiger partial charge on any atom is 0.208 e. The van der Waals surface area contributed by atoms with Crippen LogP contribution in [0.1, 0.15) is 36.8 Å². The Kier molecular flexibility index (Phi) is 4.05. The highest BCUT2D eigenvalue weighted by atomic mass is 16.4. The van der Waals surface area contributed by atoms with Crippen molar-refractivity contribution < 1.29 is 4.42 Å². The summed E-state index contributed by atoms with van der Waals surface area (Å²) in [5.74, 6) is 1.66. The Morgan fingerprint density at radius 1 is 1.16 bits per heavy atom. The highest BCUT2D eigenvalue weighted by Gasteiger charge is 2.19. The van der Waals surface area contributed by atoms with Crippen molar-refractivity contribution in [3.8, 4) is 0 Å². The normalized spacial score (nSPS) is 11.8. The van der Waals surface area contributed by atoms with Gasteiger partial charge in [-0.25, -0.2) is 4.98 Å². The van der Waals surface area contributed by atoms with Crippen molar-refractivity contribution >= 4 is 0 Å². The van der Waals surface area contributed by atoms with E-state index in [-0.39, 0.29) is 5.41 Å². The minimum absolute atomic E-state index is 0.0952. The fourth-order valence-electron chi connectivity index (χ4n) is 2.09. The molecule has 102 valence electrons. The van der Waals surface area contributed by atoms with E-state index in [9.17, 15) is 0 Å². The van der Waals surface area contributed by atoms with Crippen molar-refractivity contribution in [2.75, 3.05) is 6.54 Å². The predicted molar refractivity (Wildman–Crippen MR) is 77.2 cm³/mol. The summed E-state index contributed by atoms with van der Waals surface area (Å²) in [5, 5.41) is 3.42. The standard InChI is InChI=1S/C16H22N2O/c1-12-13(2)19-15(18-12)10-17-11-16(3,4)14-8-6-5-7-9-14/h5-9,17H,10-11H2,1-4H3. The SMILES string of the molecule is Cc1nc(CNCC(C)(C)c2ccccc2)oc1C. The van der Waals surface area contributed by atoms with Gasteiger partial charge in [0.1, 0.15) is 5.76 Å². The van der Waals surface area contributed by atoms with E-state index in [1.54, 1.807) is 0 Å². The summed E-state index contributed by atoms with van der Waals surface area (Å²) in [4.78, 5) is 4.37. The molecule has 0 fully saturated rings. The number of nitrogens with zero attached hydrogens (tertiary/aromatic N) is 1. The summed E-state index contributed by atoms with van der Waals surface area (Å²) in [6.07, 6.45) is 0. The molecule has 0 amide bonds. The Balaban J connectivity index is 1.91. The van der Waals surface area contributed by atoms with Crippen molar-refractivity contribution in [3.63, 3.8) is 0 Å². The minimum atomic E-state index is 0.0952. The van der Waals surface area contributed by atoms with Gasteiger partial charge in [-0.15, -0.1) is 0 Å². The third-order valence-electron chi connectivity index (χ3n) is 3.47. The molecule has 0 atom stereocenters. The fraction of sp³-hybridized carbons (Fsp3) is 0.438. The molecule has 0 aliphatic heterocycles. The summed E-state index contributed by atoms with van der Waals surface area (Å²) in [5.41, 5.74) is 2.40. The van der Waals surface area contributed by atoms with Crippen LogP contribution >= 0.6 is 0 Å². The quantitative estimate of drug-likeness (QED) is 0.893. The molecule has 3 heteroatoms. The molecule has 0 spiro atoms. The Labute approximate surface area is 115 Å². The summed E-state index contributed by atoms with van der Waals surface area (Å²) in [6, 6.07) is 10.5. The van der Waals surface area contributed by atoms with Crippen LogP contribution in [0.2, 0.25) is 0 Å². The molecule has 19 heavy (non-hydrogen) atoms. The molecule has 1 heterocycles. The van der Waals surface area contributed by atoms with Crippen molar-refractivity contribution in [2.24, 2.45) is 0 Å². The number of nitrogens with one attached hydrogen (secondary N) is 1. The molecule has 0 unspecified atom stereocenters. The third-order valence-corrected chi connectivity index (χ3v) is 3.47. The van der Waals surface area contributed by atoms with Crippen LogP contribution in [-0.4, -0.2) is 11.5 Å². The van der Waals surface area contributed by atoms with Crippen molar-refractivity contribution in [3.05, 3.63) is 53.2 Å². The molecular weight excluding hydrogens is 236 g/mol. The van der Waals surface area contributed by atoms with Crippen LogP contribution in [0.3, 0.4) is 0 Å². The van der Waals surface area contributed by atoms with E-state index in [1.807, 2.05) is 19.9 Å². The monoisotopic (exact) mass is 258 g/mol. The molecule has 0 radical (unpaired) electrons. The molecule has 2 aromatic rings. The highest BCUT2D eigenvalue weighted by molar-refractivity contribution is 5.23. The summed E-state index contributed by atoms with van der Waals surface area (Å²) in [6.45, 7) is 9.95. The van der Waals surface area contributed by atoms with Crippen LogP contribution < -0.4 is 5.32 Å². The van der Waals surface area contributed by atoms with Gasteiger partial charge in [-0.1, -0.05) is 44.2 Å². The summed E-state index contributed by atoms with van der Waals surface area (Å²) in [7, 11) is 0. The predicted octanol–water partition coefficient (Wildman–Crippen LogP) is 3.36. The molecule has 0 saturated heterocycles. The Hall–Kier alpha value is -1.61. The lowest BCUT2D eigenvalue weighted by Gasteiger charge is -2.25. The molecule has 0 aliphatic carbocycles. The number of aryl methyl sites for hydroxylation is 2. The van der Waals surface area contributed by atoms with Gasteiger partial charge in [0, 0.05) is 12.0 Å². The first-order valence-electron chi connectivity index (χ1n) is 6.68. The Morgan fingerprint density at radius 3 is 2.42 bits per heavy atom. The largest absolute Gasteiger partial charge is 0.444 e. The van der Waals surface area contributed by atoms with Crippen LogP contribution in [0.4, 0.5) is 0 Å². The number of hydrogen-bond donors (Lipinski definition) is 1. The van der Waals surface area contributed by atoms with E-state index in [0.717, 1.165) is 23.9 Å². The molecule has 3 nitrogen and oxygen atoms in total. The van der Waals surface area contributed by atoms with Gasteiger partial charge < -0.3 is 9.73 Å². The average molecular weight is 258 g/mol. The van der Waals surface area contributed by atoms with Gasteiger partial charge in [0.25, 0.3) is 0 Å². The smallest absolute Gasteiger partial charge is 0.208 e. The Bertz CT molecular complexity index is 509. The maximum atomic E-state index is 5.56. The van der Waals surface area contributed by atoms with Gasteiger partial charge in [0.2, 0.25) is 5.89 Å². The van der Waals surface area contributed by atoms with Gasteiger partial charge in [-0.2, -0.15) is 0 Å². The third kappa shape index (κ3) is 3.44. The van der Waals surface area contributed by atoms with Gasteiger partial charge in [0.05, 0.1) is 12.2 Å².